The van der Waals surface area contributed by atoms with Crippen molar-refractivity contribution in [2.45, 2.75) is 32.7 Å². The summed E-state index contributed by atoms with van der Waals surface area (Å²) in [5.74, 6) is 0. The van der Waals surface area contributed by atoms with Crippen LogP contribution in [0.3, 0.4) is 0 Å². The van der Waals surface area contributed by atoms with E-state index in [-0.39, 0.29) is 4.90 Å². The summed E-state index contributed by atoms with van der Waals surface area (Å²) in [7, 11) is 0. The normalized spacial score (nSPS) is 36.6. The summed E-state index contributed by atoms with van der Waals surface area (Å²) in [6.45, 7) is -1.34. The van der Waals surface area contributed by atoms with Crippen molar-refractivity contribution in [1.82, 2.24) is 4.90 Å². The van der Waals surface area contributed by atoms with E-state index in [0.717, 1.165) is 0 Å². The Morgan fingerprint density at radius 3 is 3.00 bits per heavy atom. The van der Waals surface area contributed by atoms with Crippen LogP contribution in [0.5, 0.6) is 0 Å². The maximum atomic E-state index is 12.1. The number of amides is 1. The van der Waals surface area contributed by atoms with Gasteiger partial charge in [-0.15, -0.1) is 0 Å². The van der Waals surface area contributed by atoms with Crippen LogP contribution in [0.2, 0.25) is 0 Å². The van der Waals surface area contributed by atoms with Gasteiger partial charge in [0.15, 0.2) is 0 Å². The Hall–Kier alpha value is -0.510. The third-order valence-corrected chi connectivity index (χ3v) is 1.53. The van der Waals surface area contributed by atoms with E-state index in [1.54, 1.807) is 0 Å². The summed E-state index contributed by atoms with van der Waals surface area (Å²) < 4.78 is 58.8. The van der Waals surface area contributed by atoms with Gasteiger partial charge in [-0.3, -0.25) is 0 Å². The van der Waals surface area contributed by atoms with Crippen LogP contribution in [-0.4, -0.2) is 29.6 Å². The molecule has 0 unspecified atom stereocenters. The van der Waals surface area contributed by atoms with E-state index < -0.39 is 41.6 Å². The molecule has 4 heteroatoms. The second-order valence-electron chi connectivity index (χ2n) is 3.60. The first-order valence-corrected chi connectivity index (χ1v) is 4.77. The summed E-state index contributed by atoms with van der Waals surface area (Å²) in [5, 5.41) is 0. The Kier molecular flexibility index (Phi) is 1.55. The van der Waals surface area contributed by atoms with Crippen molar-refractivity contribution in [3.05, 3.63) is 10.5 Å². The number of rotatable bonds is 0. The van der Waals surface area contributed by atoms with Gasteiger partial charge in [0.1, 0.15) is 5.60 Å². The van der Waals surface area contributed by atoms with Crippen LogP contribution in [0, 0.1) is 0 Å². The molecule has 0 spiro atoms. The molecule has 0 radical (unpaired) electrons. The maximum absolute atomic E-state index is 12.1. The smallest absolute Gasteiger partial charge is 0.410 e. The molecule has 1 amide bonds. The summed E-state index contributed by atoms with van der Waals surface area (Å²) in [6.07, 6.45) is -4.15. The first-order valence-electron chi connectivity index (χ1n) is 7.47. The van der Waals surface area contributed by atoms with E-state index in [1.807, 2.05) is 0 Å². The molecule has 0 bridgehead atoms. The molecule has 0 N–H and O–H groups in total. The lowest BCUT2D eigenvalue weighted by atomic mass is 10.2. The zero-order valence-electron chi connectivity index (χ0n) is 15.1. The van der Waals surface area contributed by atoms with Gasteiger partial charge in [0.2, 0.25) is 0 Å². The van der Waals surface area contributed by atoms with Gasteiger partial charge in [0.05, 0.1) is 4.11 Å². The Labute approximate surface area is 103 Å². The van der Waals surface area contributed by atoms with Crippen molar-refractivity contribution >= 4 is 22.0 Å². The largest absolute Gasteiger partial charge is 0.444 e. The molecule has 0 aromatic rings. The van der Waals surface area contributed by atoms with Crippen molar-refractivity contribution in [3.63, 3.8) is 0 Å². The van der Waals surface area contributed by atoms with Crippen LogP contribution in [0.1, 0.15) is 36.7 Å². The van der Waals surface area contributed by atoms with Gasteiger partial charge in [0.25, 0.3) is 0 Å². The lowest BCUT2D eigenvalue weighted by molar-refractivity contribution is 0.0268. The SMILES string of the molecule is [2H]C1=C(Br)C([2H])([2H])C([2H])([2H])N(C(=O)OC(C)(C)C)C1([2H])[2H]. The Morgan fingerprint density at radius 2 is 2.43 bits per heavy atom. The highest BCUT2D eigenvalue weighted by molar-refractivity contribution is 9.11. The monoisotopic (exact) mass is 268 g/mol. The molecule has 0 fully saturated rings. The number of carbonyl (C=O) groups is 1. The van der Waals surface area contributed by atoms with Gasteiger partial charge in [-0.25, -0.2) is 4.79 Å². The first kappa shape index (κ1) is 5.01. The van der Waals surface area contributed by atoms with Gasteiger partial charge in [0, 0.05) is 18.5 Å². The molecule has 1 aliphatic rings. The summed E-state index contributed by atoms with van der Waals surface area (Å²) >= 11 is 2.72. The molecule has 0 aromatic heterocycles. The third-order valence-electron chi connectivity index (χ3n) is 1.13. The molecule has 0 saturated heterocycles. The molecule has 1 heterocycles. The third kappa shape index (κ3) is 3.70. The average Bonchev–Trinajstić information content (AvgIpc) is 2.21. The number of carbonyl (C=O) groups excluding carboxylic acids is 1. The highest BCUT2D eigenvalue weighted by Crippen LogP contribution is 2.18. The lowest BCUT2D eigenvalue weighted by Crippen LogP contribution is -2.38. The van der Waals surface area contributed by atoms with Crippen molar-refractivity contribution < 1.29 is 19.1 Å². The van der Waals surface area contributed by atoms with E-state index in [1.165, 1.54) is 20.8 Å². The van der Waals surface area contributed by atoms with Gasteiger partial charge >= 0.3 is 6.09 Å². The van der Waals surface area contributed by atoms with E-state index in [0.29, 0.717) is 0 Å². The predicted octanol–water partition coefficient (Wildman–Crippen LogP) is 2.91. The summed E-state index contributed by atoms with van der Waals surface area (Å²) in [6, 6.07) is -0.867. The predicted molar refractivity (Wildman–Crippen MR) is 59.4 cm³/mol. The van der Waals surface area contributed by atoms with E-state index in [9.17, 15) is 4.79 Å². The van der Waals surface area contributed by atoms with Gasteiger partial charge < -0.3 is 9.64 Å². The molecular formula is C10H16BrNO2. The fourth-order valence-electron chi connectivity index (χ4n) is 0.668. The first-order chi connectivity index (χ1) is 9.07. The van der Waals surface area contributed by atoms with Crippen LogP contribution in [-0.2, 0) is 4.74 Å². The number of halogens is 1. The average molecular weight is 269 g/mol. The highest BCUT2D eigenvalue weighted by atomic mass is 79.9. The maximum Gasteiger partial charge on any atom is 0.410 e. The minimum atomic E-state index is -3.04. The molecule has 1 rings (SSSR count). The molecule has 1 aliphatic heterocycles. The van der Waals surface area contributed by atoms with Crippen molar-refractivity contribution in [1.29, 1.82) is 0 Å². The van der Waals surface area contributed by atoms with Crippen molar-refractivity contribution in [3.8, 4) is 0 Å². The van der Waals surface area contributed by atoms with Crippen LogP contribution in [0.25, 0.3) is 0 Å². The van der Waals surface area contributed by atoms with Gasteiger partial charge in [-0.1, -0.05) is 22.0 Å². The number of hydrogen-bond acceptors (Lipinski definition) is 2. The minimum Gasteiger partial charge on any atom is -0.444 e. The van der Waals surface area contributed by atoms with Crippen molar-refractivity contribution in [2.24, 2.45) is 0 Å². The van der Waals surface area contributed by atoms with Crippen LogP contribution in [0.4, 0.5) is 4.79 Å². The van der Waals surface area contributed by atoms with Crippen LogP contribution < -0.4 is 0 Å². The zero-order chi connectivity index (χ0) is 17.0. The number of ether oxygens (including phenoxy) is 1. The molecule has 3 nitrogen and oxygen atoms in total. The fourth-order valence-corrected chi connectivity index (χ4v) is 0.845. The minimum absolute atomic E-state index is 0.00164. The quantitative estimate of drug-likeness (QED) is 0.676. The Bertz CT molecular complexity index is 498. The van der Waals surface area contributed by atoms with Crippen LogP contribution in [0.15, 0.2) is 10.5 Å². The summed E-state index contributed by atoms with van der Waals surface area (Å²) in [5.41, 5.74) is -1.02. The number of nitrogens with zero attached hydrogens (tertiary/aromatic N) is 1. The van der Waals surface area contributed by atoms with E-state index in [2.05, 4.69) is 15.9 Å². The summed E-state index contributed by atoms with van der Waals surface area (Å²) in [4.78, 5) is 12.1. The standard InChI is InChI=1S/C10H16BrNO2/c1-10(2,3)14-9(13)12-6-4-8(11)5-7-12/h4H,5-7H2,1-3H3/i4D,5D2,6D2,7D2. The highest BCUT2D eigenvalue weighted by Gasteiger charge is 2.22. The molecule has 0 atom stereocenters. The topological polar surface area (TPSA) is 29.5 Å². The van der Waals surface area contributed by atoms with Crippen LogP contribution >= 0.6 is 15.9 Å². The van der Waals surface area contributed by atoms with Gasteiger partial charge in [-0.2, -0.15) is 0 Å². The molecule has 0 saturated carbocycles. The number of hydrogen-bond donors (Lipinski definition) is 0. The van der Waals surface area contributed by atoms with E-state index >= 15 is 0 Å². The second-order valence-corrected chi connectivity index (χ2v) is 4.40. The van der Waals surface area contributed by atoms with Crippen molar-refractivity contribution in [2.75, 3.05) is 13.0 Å². The fraction of sp³-hybridized carbons (Fsp3) is 0.700. The van der Waals surface area contributed by atoms with E-state index in [4.69, 9.17) is 14.3 Å². The molecule has 80 valence electrons. The Balaban J connectivity index is 3.46. The lowest BCUT2D eigenvalue weighted by Gasteiger charge is -2.28. The molecule has 0 aromatic carbocycles. The molecular weight excluding hydrogens is 246 g/mol. The molecule has 14 heavy (non-hydrogen) atoms. The molecule has 0 aliphatic carbocycles. The Morgan fingerprint density at radius 1 is 1.79 bits per heavy atom. The zero-order valence-corrected chi connectivity index (χ0v) is 9.73. The van der Waals surface area contributed by atoms with Gasteiger partial charge in [-0.05, 0) is 31.6 Å². The second kappa shape index (κ2) is 4.34.